The first-order valence-electron chi connectivity index (χ1n) is 7.76. The van der Waals surface area contributed by atoms with Gasteiger partial charge in [0, 0.05) is 12.6 Å². The van der Waals surface area contributed by atoms with E-state index < -0.39 is 0 Å². The van der Waals surface area contributed by atoms with Gasteiger partial charge in [-0.1, -0.05) is 49.6 Å². The van der Waals surface area contributed by atoms with Crippen molar-refractivity contribution < 1.29 is 14.6 Å². The molecule has 2 rings (SSSR count). The molecule has 0 radical (unpaired) electrons. The van der Waals surface area contributed by atoms with Crippen LogP contribution in [0, 0.1) is 0 Å². The molecule has 0 aromatic heterocycles. The summed E-state index contributed by atoms with van der Waals surface area (Å²) in [5.41, 5.74) is 0.944. The van der Waals surface area contributed by atoms with Gasteiger partial charge in [0.25, 0.3) is 0 Å². The molecule has 0 aliphatic heterocycles. The highest BCUT2D eigenvalue weighted by Gasteiger charge is 2.26. The summed E-state index contributed by atoms with van der Waals surface area (Å²) in [5, 5.41) is 13.5. The molecule has 0 heterocycles. The van der Waals surface area contributed by atoms with Crippen LogP contribution in [0.25, 0.3) is 0 Å². The van der Waals surface area contributed by atoms with Crippen LogP contribution in [0.5, 0.6) is 0 Å². The minimum atomic E-state index is -0.327. The average Bonchev–Trinajstić information content (AvgIpc) is 2.73. The van der Waals surface area contributed by atoms with Crippen molar-refractivity contribution in [1.82, 2.24) is 5.32 Å². The van der Waals surface area contributed by atoms with E-state index >= 15 is 0 Å². The third-order valence-corrected chi connectivity index (χ3v) is 4.25. The van der Waals surface area contributed by atoms with Crippen LogP contribution in [0.4, 0.5) is 0 Å². The Morgan fingerprint density at radius 1 is 1.29 bits per heavy atom. The van der Waals surface area contributed by atoms with E-state index in [-0.39, 0.29) is 24.0 Å². The standard InChI is InChI=1S/C17H25NO3/c1-21-17(20)14(13-8-4-2-5-9-13)12-18-15-10-6-3-7-11-16(15)19/h2,4-5,8-9,14-16,18-19H,3,6-7,10-12H2,1H3. The summed E-state index contributed by atoms with van der Waals surface area (Å²) in [6.07, 6.45) is 4.87. The number of carbonyl (C=O) groups is 1. The first kappa shape index (κ1) is 16.0. The molecule has 4 heteroatoms. The molecule has 116 valence electrons. The van der Waals surface area contributed by atoms with Gasteiger partial charge in [-0.25, -0.2) is 0 Å². The van der Waals surface area contributed by atoms with E-state index in [2.05, 4.69) is 5.32 Å². The molecule has 0 amide bonds. The summed E-state index contributed by atoms with van der Waals surface area (Å²) < 4.78 is 4.92. The Morgan fingerprint density at radius 2 is 2.00 bits per heavy atom. The number of esters is 1. The second-order valence-electron chi connectivity index (χ2n) is 5.71. The summed E-state index contributed by atoms with van der Waals surface area (Å²) in [5.74, 6) is -0.566. The molecule has 1 fully saturated rings. The van der Waals surface area contributed by atoms with Crippen LogP contribution in [0.15, 0.2) is 30.3 Å². The summed E-state index contributed by atoms with van der Waals surface area (Å²) in [4.78, 5) is 12.0. The van der Waals surface area contributed by atoms with Crippen molar-refractivity contribution in [2.75, 3.05) is 13.7 Å². The largest absolute Gasteiger partial charge is 0.469 e. The number of aliphatic hydroxyl groups is 1. The Kier molecular flexibility index (Phi) is 6.21. The van der Waals surface area contributed by atoms with Crippen LogP contribution in [0.1, 0.15) is 43.6 Å². The fraction of sp³-hybridized carbons (Fsp3) is 0.588. The minimum Gasteiger partial charge on any atom is -0.469 e. The SMILES string of the molecule is COC(=O)C(CNC1CCCCCC1O)c1ccccc1. The monoisotopic (exact) mass is 291 g/mol. The molecule has 0 spiro atoms. The van der Waals surface area contributed by atoms with Gasteiger partial charge in [-0.05, 0) is 18.4 Å². The summed E-state index contributed by atoms with van der Waals surface area (Å²) >= 11 is 0. The van der Waals surface area contributed by atoms with Gasteiger partial charge < -0.3 is 15.2 Å². The van der Waals surface area contributed by atoms with Crippen LogP contribution in [-0.2, 0) is 9.53 Å². The zero-order valence-corrected chi connectivity index (χ0v) is 12.6. The van der Waals surface area contributed by atoms with E-state index in [4.69, 9.17) is 4.74 Å². The molecule has 1 aliphatic rings. The van der Waals surface area contributed by atoms with E-state index in [1.54, 1.807) is 0 Å². The number of hydrogen-bond donors (Lipinski definition) is 2. The topological polar surface area (TPSA) is 58.6 Å². The Morgan fingerprint density at radius 3 is 2.71 bits per heavy atom. The van der Waals surface area contributed by atoms with Gasteiger partial charge in [0.2, 0.25) is 0 Å². The van der Waals surface area contributed by atoms with Crippen LogP contribution in [-0.4, -0.2) is 36.9 Å². The molecule has 3 atom stereocenters. The second kappa shape index (κ2) is 8.15. The second-order valence-corrected chi connectivity index (χ2v) is 5.71. The number of nitrogens with one attached hydrogen (secondary N) is 1. The van der Waals surface area contributed by atoms with E-state index in [0.717, 1.165) is 31.2 Å². The fourth-order valence-electron chi connectivity index (χ4n) is 2.96. The third kappa shape index (κ3) is 4.55. The Balaban J connectivity index is 2.00. The van der Waals surface area contributed by atoms with Gasteiger partial charge >= 0.3 is 5.97 Å². The Labute approximate surface area is 126 Å². The van der Waals surface area contributed by atoms with Gasteiger partial charge in [-0.2, -0.15) is 0 Å². The number of carbonyl (C=O) groups excluding carboxylic acids is 1. The van der Waals surface area contributed by atoms with Gasteiger partial charge in [-0.15, -0.1) is 0 Å². The number of rotatable bonds is 5. The van der Waals surface area contributed by atoms with E-state index in [0.29, 0.717) is 6.54 Å². The third-order valence-electron chi connectivity index (χ3n) is 4.25. The number of methoxy groups -OCH3 is 1. The Hall–Kier alpha value is -1.39. The minimum absolute atomic E-state index is 0.0726. The van der Waals surface area contributed by atoms with Crippen molar-refractivity contribution in [2.24, 2.45) is 0 Å². The predicted octanol–water partition coefficient (Wildman–Crippen LogP) is 2.23. The van der Waals surface area contributed by atoms with Crippen LogP contribution in [0.3, 0.4) is 0 Å². The maximum absolute atomic E-state index is 12.0. The van der Waals surface area contributed by atoms with Crippen molar-refractivity contribution in [3.8, 4) is 0 Å². The van der Waals surface area contributed by atoms with Crippen LogP contribution < -0.4 is 5.32 Å². The highest BCUT2D eigenvalue weighted by atomic mass is 16.5. The summed E-state index contributed by atoms with van der Waals surface area (Å²) in [6, 6.07) is 9.72. The molecule has 0 bridgehead atoms. The van der Waals surface area contributed by atoms with E-state index in [1.807, 2.05) is 30.3 Å². The molecule has 3 unspecified atom stereocenters. The van der Waals surface area contributed by atoms with Crippen molar-refractivity contribution in [2.45, 2.75) is 50.2 Å². The lowest BCUT2D eigenvalue weighted by molar-refractivity contribution is -0.142. The first-order valence-corrected chi connectivity index (χ1v) is 7.76. The van der Waals surface area contributed by atoms with Crippen LogP contribution in [0.2, 0.25) is 0 Å². The van der Waals surface area contributed by atoms with Gasteiger partial charge in [-0.3, -0.25) is 4.79 Å². The average molecular weight is 291 g/mol. The highest BCUT2D eigenvalue weighted by molar-refractivity contribution is 5.78. The maximum atomic E-state index is 12.0. The molecule has 4 nitrogen and oxygen atoms in total. The molecule has 1 aromatic rings. The van der Waals surface area contributed by atoms with Gasteiger partial charge in [0.05, 0.1) is 19.1 Å². The molecular weight excluding hydrogens is 266 g/mol. The van der Waals surface area contributed by atoms with Crippen molar-refractivity contribution >= 4 is 5.97 Å². The molecule has 0 saturated heterocycles. The quantitative estimate of drug-likeness (QED) is 0.645. The predicted molar refractivity (Wildman–Crippen MR) is 82.1 cm³/mol. The van der Waals surface area contributed by atoms with Gasteiger partial charge in [0.1, 0.15) is 0 Å². The fourth-order valence-corrected chi connectivity index (χ4v) is 2.96. The summed E-state index contributed by atoms with van der Waals surface area (Å²) in [7, 11) is 1.42. The zero-order valence-electron chi connectivity index (χ0n) is 12.6. The highest BCUT2D eigenvalue weighted by Crippen LogP contribution is 2.20. The van der Waals surface area contributed by atoms with E-state index in [1.165, 1.54) is 13.5 Å². The Bertz CT molecular complexity index is 435. The lowest BCUT2D eigenvalue weighted by atomic mass is 9.97. The lowest BCUT2D eigenvalue weighted by Crippen LogP contribution is -2.42. The molecule has 2 N–H and O–H groups in total. The molecular formula is C17H25NO3. The molecule has 21 heavy (non-hydrogen) atoms. The number of benzene rings is 1. The van der Waals surface area contributed by atoms with E-state index in [9.17, 15) is 9.90 Å². The first-order chi connectivity index (χ1) is 10.2. The van der Waals surface area contributed by atoms with Crippen LogP contribution >= 0.6 is 0 Å². The number of aliphatic hydroxyl groups excluding tert-OH is 1. The lowest BCUT2D eigenvalue weighted by Gasteiger charge is -2.24. The summed E-state index contributed by atoms with van der Waals surface area (Å²) in [6.45, 7) is 0.498. The zero-order chi connectivity index (χ0) is 15.1. The molecule has 1 saturated carbocycles. The number of hydrogen-bond acceptors (Lipinski definition) is 4. The number of ether oxygens (including phenoxy) is 1. The van der Waals surface area contributed by atoms with Crippen molar-refractivity contribution in [1.29, 1.82) is 0 Å². The molecule has 1 aromatic carbocycles. The van der Waals surface area contributed by atoms with Crippen molar-refractivity contribution in [3.05, 3.63) is 35.9 Å². The smallest absolute Gasteiger partial charge is 0.314 e. The normalized spacial score (nSPS) is 24.1. The van der Waals surface area contributed by atoms with Crippen molar-refractivity contribution in [3.63, 3.8) is 0 Å². The molecule has 1 aliphatic carbocycles. The van der Waals surface area contributed by atoms with Gasteiger partial charge in [0.15, 0.2) is 0 Å². The maximum Gasteiger partial charge on any atom is 0.314 e.